The quantitative estimate of drug-likeness (QED) is 0.760. The molecule has 1 aliphatic rings. The second kappa shape index (κ2) is 3.44. The van der Waals surface area contributed by atoms with Gasteiger partial charge in [-0.05, 0) is 37.8 Å². The maximum absolute atomic E-state index is 5.24. The molecule has 0 aliphatic carbocycles. The summed E-state index contributed by atoms with van der Waals surface area (Å²) in [6.45, 7) is 6.79. The lowest BCUT2D eigenvalue weighted by atomic mass is 9.80. The van der Waals surface area contributed by atoms with Crippen LogP contribution in [0.1, 0.15) is 26.3 Å². The third-order valence-corrected chi connectivity index (χ3v) is 3.53. The number of fused-ring (bicyclic) bond motifs is 1. The topological polar surface area (TPSA) is 21.3 Å². The number of benzene rings is 1. The van der Waals surface area contributed by atoms with E-state index in [1.807, 2.05) is 6.07 Å². The SMILES string of the molecule is COc1ccc2c(c1)NC(C)(C)C(C)C2. The van der Waals surface area contributed by atoms with Crippen molar-refractivity contribution in [2.45, 2.75) is 32.7 Å². The van der Waals surface area contributed by atoms with Crippen LogP contribution in [0.5, 0.6) is 5.75 Å². The lowest BCUT2D eigenvalue weighted by Crippen LogP contribution is -2.42. The summed E-state index contributed by atoms with van der Waals surface area (Å²) in [6.07, 6.45) is 1.14. The van der Waals surface area contributed by atoms with Crippen molar-refractivity contribution in [1.29, 1.82) is 0 Å². The molecule has 0 saturated heterocycles. The minimum absolute atomic E-state index is 0.166. The van der Waals surface area contributed by atoms with E-state index in [9.17, 15) is 0 Å². The van der Waals surface area contributed by atoms with E-state index in [1.165, 1.54) is 11.3 Å². The number of methoxy groups -OCH3 is 1. The van der Waals surface area contributed by atoms with Gasteiger partial charge in [0.05, 0.1) is 7.11 Å². The van der Waals surface area contributed by atoms with Gasteiger partial charge in [0.2, 0.25) is 0 Å². The Labute approximate surface area is 91.6 Å². The summed E-state index contributed by atoms with van der Waals surface area (Å²) in [4.78, 5) is 0. The van der Waals surface area contributed by atoms with Gasteiger partial charge in [-0.2, -0.15) is 0 Å². The molecule has 0 aromatic heterocycles. The second-order valence-electron chi connectivity index (χ2n) is 4.97. The summed E-state index contributed by atoms with van der Waals surface area (Å²) < 4.78 is 5.24. The highest BCUT2D eigenvalue weighted by atomic mass is 16.5. The lowest BCUT2D eigenvalue weighted by Gasteiger charge is -2.39. The van der Waals surface area contributed by atoms with Crippen LogP contribution in [-0.2, 0) is 6.42 Å². The molecule has 2 nitrogen and oxygen atoms in total. The molecule has 0 radical (unpaired) electrons. The molecule has 1 aromatic rings. The van der Waals surface area contributed by atoms with Crippen molar-refractivity contribution in [3.8, 4) is 5.75 Å². The molecule has 15 heavy (non-hydrogen) atoms. The molecule has 1 aliphatic heterocycles. The Kier molecular flexibility index (Phi) is 2.37. The van der Waals surface area contributed by atoms with E-state index in [0.717, 1.165) is 12.2 Å². The van der Waals surface area contributed by atoms with Crippen molar-refractivity contribution in [2.24, 2.45) is 5.92 Å². The Morgan fingerprint density at radius 3 is 2.80 bits per heavy atom. The lowest BCUT2D eigenvalue weighted by molar-refractivity contribution is 0.360. The zero-order valence-corrected chi connectivity index (χ0v) is 9.92. The van der Waals surface area contributed by atoms with Crippen LogP contribution in [0, 0.1) is 5.92 Å². The number of rotatable bonds is 1. The zero-order valence-electron chi connectivity index (χ0n) is 9.92. The van der Waals surface area contributed by atoms with Crippen LogP contribution in [0.15, 0.2) is 18.2 Å². The Hall–Kier alpha value is -1.18. The average molecular weight is 205 g/mol. The van der Waals surface area contributed by atoms with E-state index in [1.54, 1.807) is 7.11 Å². The number of anilines is 1. The fraction of sp³-hybridized carbons (Fsp3) is 0.538. The van der Waals surface area contributed by atoms with E-state index in [0.29, 0.717) is 5.92 Å². The molecule has 1 unspecified atom stereocenters. The molecule has 1 atom stereocenters. The van der Waals surface area contributed by atoms with Crippen LogP contribution in [-0.4, -0.2) is 12.6 Å². The van der Waals surface area contributed by atoms with Gasteiger partial charge in [-0.1, -0.05) is 13.0 Å². The highest BCUT2D eigenvalue weighted by Crippen LogP contribution is 2.36. The molecule has 0 spiro atoms. The van der Waals surface area contributed by atoms with Crippen molar-refractivity contribution >= 4 is 5.69 Å². The van der Waals surface area contributed by atoms with Crippen molar-refractivity contribution in [3.63, 3.8) is 0 Å². The minimum Gasteiger partial charge on any atom is -0.497 e. The van der Waals surface area contributed by atoms with Gasteiger partial charge < -0.3 is 10.1 Å². The Balaban J connectivity index is 2.37. The normalized spacial score (nSPS) is 22.8. The van der Waals surface area contributed by atoms with Crippen molar-refractivity contribution < 1.29 is 4.74 Å². The van der Waals surface area contributed by atoms with Gasteiger partial charge in [0, 0.05) is 17.3 Å². The maximum atomic E-state index is 5.24. The molecule has 1 aromatic carbocycles. The molecule has 2 rings (SSSR count). The monoisotopic (exact) mass is 205 g/mol. The first-order valence-corrected chi connectivity index (χ1v) is 5.48. The van der Waals surface area contributed by atoms with Crippen LogP contribution >= 0.6 is 0 Å². The molecular weight excluding hydrogens is 186 g/mol. The summed E-state index contributed by atoms with van der Waals surface area (Å²) >= 11 is 0. The van der Waals surface area contributed by atoms with Crippen LogP contribution in [0.25, 0.3) is 0 Å². The van der Waals surface area contributed by atoms with Gasteiger partial charge in [-0.25, -0.2) is 0 Å². The van der Waals surface area contributed by atoms with Gasteiger partial charge in [0.25, 0.3) is 0 Å². The predicted molar refractivity (Wildman–Crippen MR) is 63.6 cm³/mol. The smallest absolute Gasteiger partial charge is 0.120 e. The van der Waals surface area contributed by atoms with Gasteiger partial charge in [-0.15, -0.1) is 0 Å². The first kappa shape index (κ1) is 10.3. The third kappa shape index (κ3) is 1.81. The van der Waals surface area contributed by atoms with E-state index >= 15 is 0 Å². The highest BCUT2D eigenvalue weighted by molar-refractivity contribution is 5.58. The average Bonchev–Trinajstić information content (AvgIpc) is 2.18. The minimum atomic E-state index is 0.166. The van der Waals surface area contributed by atoms with Crippen LogP contribution in [0.2, 0.25) is 0 Å². The van der Waals surface area contributed by atoms with E-state index in [-0.39, 0.29) is 5.54 Å². The zero-order chi connectivity index (χ0) is 11.1. The number of hydrogen-bond donors (Lipinski definition) is 1. The number of hydrogen-bond acceptors (Lipinski definition) is 2. The Bertz CT molecular complexity index is 371. The molecule has 0 saturated carbocycles. The first-order valence-electron chi connectivity index (χ1n) is 5.48. The molecule has 82 valence electrons. The molecule has 0 bridgehead atoms. The summed E-state index contributed by atoms with van der Waals surface area (Å²) in [5, 5.41) is 3.58. The number of nitrogens with one attached hydrogen (secondary N) is 1. The van der Waals surface area contributed by atoms with E-state index in [4.69, 9.17) is 4.74 Å². The van der Waals surface area contributed by atoms with Crippen LogP contribution in [0.3, 0.4) is 0 Å². The summed E-state index contributed by atoms with van der Waals surface area (Å²) in [5.74, 6) is 1.57. The van der Waals surface area contributed by atoms with Gasteiger partial charge in [-0.3, -0.25) is 0 Å². The molecule has 0 amide bonds. The van der Waals surface area contributed by atoms with E-state index < -0.39 is 0 Å². The fourth-order valence-corrected chi connectivity index (χ4v) is 2.03. The second-order valence-corrected chi connectivity index (χ2v) is 4.97. The summed E-state index contributed by atoms with van der Waals surface area (Å²) in [7, 11) is 1.71. The Morgan fingerprint density at radius 1 is 1.40 bits per heavy atom. The van der Waals surface area contributed by atoms with Crippen LogP contribution in [0.4, 0.5) is 5.69 Å². The maximum Gasteiger partial charge on any atom is 0.120 e. The molecule has 1 heterocycles. The van der Waals surface area contributed by atoms with Crippen molar-refractivity contribution in [1.82, 2.24) is 0 Å². The molecule has 0 fully saturated rings. The molecule has 2 heteroatoms. The van der Waals surface area contributed by atoms with Crippen molar-refractivity contribution in [2.75, 3.05) is 12.4 Å². The third-order valence-electron chi connectivity index (χ3n) is 3.53. The predicted octanol–water partition coefficient (Wildman–Crippen LogP) is 3.08. The fourth-order valence-electron chi connectivity index (χ4n) is 2.03. The summed E-state index contributed by atoms with van der Waals surface area (Å²) in [6, 6.07) is 6.28. The summed E-state index contributed by atoms with van der Waals surface area (Å²) in [5.41, 5.74) is 2.78. The Morgan fingerprint density at radius 2 is 2.13 bits per heavy atom. The van der Waals surface area contributed by atoms with Crippen molar-refractivity contribution in [3.05, 3.63) is 23.8 Å². The highest BCUT2D eigenvalue weighted by Gasteiger charge is 2.31. The largest absolute Gasteiger partial charge is 0.497 e. The first-order chi connectivity index (χ1) is 7.03. The van der Waals surface area contributed by atoms with Gasteiger partial charge in [0.15, 0.2) is 0 Å². The van der Waals surface area contributed by atoms with Crippen LogP contribution < -0.4 is 10.1 Å². The van der Waals surface area contributed by atoms with Gasteiger partial charge in [0.1, 0.15) is 5.75 Å². The molecular formula is C13H19NO. The number of ether oxygens (including phenoxy) is 1. The standard InChI is InChI=1S/C13H19NO/c1-9-7-10-5-6-11(15-4)8-12(10)14-13(9,2)3/h5-6,8-9,14H,7H2,1-4H3. The molecule has 1 N–H and O–H groups in total. The van der Waals surface area contributed by atoms with Gasteiger partial charge >= 0.3 is 0 Å². The van der Waals surface area contributed by atoms with E-state index in [2.05, 4.69) is 38.2 Å².